The molecule has 63 heavy (non-hydrogen) atoms. The molecule has 2 unspecified atom stereocenters. The molecule has 4 aliphatic rings. The van der Waals surface area contributed by atoms with Crippen LogP contribution in [-0.4, -0.2) is 12.0 Å². The van der Waals surface area contributed by atoms with Gasteiger partial charge in [-0.3, -0.25) is 5.32 Å². The molecular formula is C60H47N3. The predicted octanol–water partition coefficient (Wildman–Crippen LogP) is 14.0. The van der Waals surface area contributed by atoms with Gasteiger partial charge in [0, 0.05) is 5.56 Å². The van der Waals surface area contributed by atoms with Crippen LogP contribution in [-0.2, 0) is 5.41 Å². The van der Waals surface area contributed by atoms with Crippen LogP contribution in [0.4, 0.5) is 0 Å². The SMILES string of the molecule is C1=CCCC(c2c3c(cc4ccccc24)C(c2ccccc2)(c2ccccc2)c2cc(-c4ccc(C5NC(c6ccccc6)=NC(C6=CC=CCC6)N5)c5ccccc45)ccc2-3)=C1. The molecule has 3 aliphatic carbocycles. The van der Waals surface area contributed by atoms with Gasteiger partial charge in [-0.1, -0.05) is 200 Å². The third-order valence-electron chi connectivity index (χ3n) is 13.8. The van der Waals surface area contributed by atoms with E-state index in [9.17, 15) is 0 Å². The zero-order valence-electron chi connectivity index (χ0n) is 35.1. The lowest BCUT2D eigenvalue weighted by molar-refractivity contribution is 0.427. The predicted molar refractivity (Wildman–Crippen MR) is 263 cm³/mol. The van der Waals surface area contributed by atoms with Gasteiger partial charge in [0.1, 0.15) is 18.2 Å². The highest BCUT2D eigenvalue weighted by atomic mass is 15.3. The van der Waals surface area contributed by atoms with E-state index in [2.05, 4.69) is 223 Å². The van der Waals surface area contributed by atoms with Crippen LogP contribution >= 0.6 is 0 Å². The number of nitrogens with one attached hydrogen (secondary N) is 2. The van der Waals surface area contributed by atoms with E-state index in [4.69, 9.17) is 4.99 Å². The zero-order valence-corrected chi connectivity index (χ0v) is 35.1. The highest BCUT2D eigenvalue weighted by Gasteiger charge is 2.48. The van der Waals surface area contributed by atoms with Crippen LogP contribution in [0.1, 0.15) is 70.8 Å². The highest BCUT2D eigenvalue weighted by Crippen LogP contribution is 2.60. The second-order valence-corrected chi connectivity index (χ2v) is 17.2. The molecule has 12 rings (SSSR count). The van der Waals surface area contributed by atoms with Gasteiger partial charge in [0.05, 0.1) is 5.41 Å². The van der Waals surface area contributed by atoms with Crippen LogP contribution in [0.2, 0.25) is 0 Å². The number of aliphatic imine (C=N–C) groups is 1. The fourth-order valence-corrected chi connectivity index (χ4v) is 10.9. The Morgan fingerprint density at radius 3 is 1.87 bits per heavy atom. The van der Waals surface area contributed by atoms with E-state index in [1.165, 1.54) is 88.3 Å². The molecule has 1 heterocycles. The first-order valence-electron chi connectivity index (χ1n) is 22.5. The Morgan fingerprint density at radius 2 is 1.16 bits per heavy atom. The molecule has 2 atom stereocenters. The van der Waals surface area contributed by atoms with E-state index in [-0.39, 0.29) is 12.3 Å². The number of amidine groups is 1. The monoisotopic (exact) mass is 809 g/mol. The Bertz CT molecular complexity index is 3190. The molecule has 0 bridgehead atoms. The summed E-state index contributed by atoms with van der Waals surface area (Å²) in [6, 6.07) is 65.5. The van der Waals surface area contributed by atoms with Crippen LogP contribution in [0.3, 0.4) is 0 Å². The second-order valence-electron chi connectivity index (χ2n) is 17.2. The quantitative estimate of drug-likeness (QED) is 0.168. The van der Waals surface area contributed by atoms with Crippen molar-refractivity contribution in [1.29, 1.82) is 0 Å². The Balaban J connectivity index is 1.07. The number of fused-ring (bicyclic) bond motifs is 5. The second kappa shape index (κ2) is 15.5. The Labute approximate surface area is 369 Å². The summed E-state index contributed by atoms with van der Waals surface area (Å²) in [5.74, 6) is 0.913. The molecular weight excluding hydrogens is 763 g/mol. The van der Waals surface area contributed by atoms with Gasteiger partial charge < -0.3 is 5.32 Å². The van der Waals surface area contributed by atoms with Crippen LogP contribution < -0.4 is 10.6 Å². The van der Waals surface area contributed by atoms with Crippen molar-refractivity contribution >= 4 is 33.0 Å². The molecule has 1 aliphatic heterocycles. The number of benzene rings is 8. The zero-order chi connectivity index (χ0) is 41.7. The van der Waals surface area contributed by atoms with Crippen LogP contribution in [0.15, 0.2) is 223 Å². The molecule has 3 heteroatoms. The van der Waals surface area contributed by atoms with E-state index < -0.39 is 5.41 Å². The molecule has 0 saturated carbocycles. The fraction of sp³-hybridized carbons (Fsp3) is 0.117. The van der Waals surface area contributed by atoms with E-state index in [1.54, 1.807) is 0 Å². The summed E-state index contributed by atoms with van der Waals surface area (Å²) in [4.78, 5) is 5.25. The Hall–Kier alpha value is -7.33. The summed E-state index contributed by atoms with van der Waals surface area (Å²) in [7, 11) is 0. The topological polar surface area (TPSA) is 36.4 Å². The Morgan fingerprint density at radius 1 is 0.508 bits per heavy atom. The van der Waals surface area contributed by atoms with E-state index >= 15 is 0 Å². The molecule has 2 N–H and O–H groups in total. The molecule has 8 aromatic carbocycles. The maximum atomic E-state index is 5.25. The molecule has 0 fully saturated rings. The average molecular weight is 810 g/mol. The normalized spacial score (nSPS) is 18.6. The first-order valence-corrected chi connectivity index (χ1v) is 22.5. The molecule has 0 radical (unpaired) electrons. The highest BCUT2D eigenvalue weighted by molar-refractivity contribution is 6.07. The summed E-state index contributed by atoms with van der Waals surface area (Å²) in [6.07, 6.45) is 17.4. The molecule has 8 aromatic rings. The van der Waals surface area contributed by atoms with Crippen LogP contribution in [0, 0.1) is 0 Å². The number of rotatable bonds is 7. The van der Waals surface area contributed by atoms with Crippen molar-refractivity contribution in [2.45, 2.75) is 43.4 Å². The number of hydrogen-bond donors (Lipinski definition) is 2. The molecule has 0 amide bonds. The maximum absolute atomic E-state index is 5.25. The minimum Gasteiger partial charge on any atom is -0.350 e. The summed E-state index contributed by atoms with van der Waals surface area (Å²) < 4.78 is 0. The van der Waals surface area contributed by atoms with Crippen molar-refractivity contribution < 1.29 is 0 Å². The lowest BCUT2D eigenvalue weighted by Crippen LogP contribution is -2.49. The standard InChI is InChI=1S/C60H47N3/c1-6-20-40(21-7-1)55-48-31-17-16-26-43(48)39-54-56(55)52-35-34-44(38-53(52)60(54,45-27-12-4-13-28-45)46-29-14-5-15-30-46)47-36-37-51(50-33-19-18-32-49(47)50)59-62-57(41-22-8-2-9-23-41)61-58(63-59)42-24-10-3-11-25-42/h1-6,8-10,12-20,22-24,26-39,58-59,63H,7,11,21,25H2,(H,61,62). The van der Waals surface area contributed by atoms with Gasteiger partial charge in [-0.15, -0.1) is 0 Å². The molecule has 0 aromatic heterocycles. The van der Waals surface area contributed by atoms with Gasteiger partial charge in [-0.05, 0) is 126 Å². The van der Waals surface area contributed by atoms with Gasteiger partial charge in [0.15, 0.2) is 0 Å². The number of allylic oxidation sites excluding steroid dienone is 7. The minimum atomic E-state index is -0.552. The first kappa shape index (κ1) is 37.4. The van der Waals surface area contributed by atoms with Crippen LogP contribution in [0.5, 0.6) is 0 Å². The smallest absolute Gasteiger partial charge is 0.131 e. The fourth-order valence-electron chi connectivity index (χ4n) is 10.9. The van der Waals surface area contributed by atoms with Crippen LogP contribution in [0.25, 0.3) is 49.4 Å². The summed E-state index contributed by atoms with van der Waals surface area (Å²) in [5.41, 5.74) is 16.1. The molecule has 0 saturated heterocycles. The summed E-state index contributed by atoms with van der Waals surface area (Å²) in [6.45, 7) is 0. The number of nitrogens with zero attached hydrogens (tertiary/aromatic N) is 1. The van der Waals surface area contributed by atoms with E-state index in [0.29, 0.717) is 0 Å². The van der Waals surface area contributed by atoms with Gasteiger partial charge in [0.25, 0.3) is 0 Å². The lowest BCUT2D eigenvalue weighted by Gasteiger charge is -2.35. The first-order chi connectivity index (χ1) is 31.3. The molecule has 0 spiro atoms. The summed E-state index contributed by atoms with van der Waals surface area (Å²) in [5, 5.41) is 12.8. The van der Waals surface area contributed by atoms with E-state index in [1.807, 2.05) is 0 Å². The largest absolute Gasteiger partial charge is 0.350 e. The Kier molecular flexibility index (Phi) is 9.23. The molecule has 3 nitrogen and oxygen atoms in total. The van der Waals surface area contributed by atoms with Crippen molar-refractivity contribution in [2.24, 2.45) is 4.99 Å². The summed E-state index contributed by atoms with van der Waals surface area (Å²) >= 11 is 0. The lowest BCUT2D eigenvalue weighted by atomic mass is 9.67. The maximum Gasteiger partial charge on any atom is 0.131 e. The number of hydrogen-bond acceptors (Lipinski definition) is 3. The average Bonchev–Trinajstić information content (AvgIpc) is 3.66. The van der Waals surface area contributed by atoms with Gasteiger partial charge in [0.2, 0.25) is 0 Å². The van der Waals surface area contributed by atoms with E-state index in [0.717, 1.165) is 37.1 Å². The van der Waals surface area contributed by atoms with Crippen molar-refractivity contribution in [2.75, 3.05) is 0 Å². The van der Waals surface area contributed by atoms with Crippen molar-refractivity contribution in [3.8, 4) is 22.3 Å². The third-order valence-corrected chi connectivity index (χ3v) is 13.8. The third kappa shape index (κ3) is 6.18. The van der Waals surface area contributed by atoms with Crippen molar-refractivity contribution in [1.82, 2.24) is 10.6 Å². The van der Waals surface area contributed by atoms with Crippen molar-refractivity contribution in [3.05, 3.63) is 257 Å². The van der Waals surface area contributed by atoms with Gasteiger partial charge in [-0.25, -0.2) is 4.99 Å². The van der Waals surface area contributed by atoms with Gasteiger partial charge >= 0.3 is 0 Å². The van der Waals surface area contributed by atoms with Gasteiger partial charge in [-0.2, -0.15) is 0 Å². The minimum absolute atomic E-state index is 0.126. The van der Waals surface area contributed by atoms with Crippen molar-refractivity contribution in [3.63, 3.8) is 0 Å². The molecule has 302 valence electrons.